The smallest absolute Gasteiger partial charge is 0.399 e. The van der Waals surface area contributed by atoms with Gasteiger partial charge < -0.3 is 14.2 Å². The van der Waals surface area contributed by atoms with E-state index in [0.29, 0.717) is 5.91 Å². The predicted octanol–water partition coefficient (Wildman–Crippen LogP) is 1.92. The van der Waals surface area contributed by atoms with Gasteiger partial charge in [0, 0.05) is 39.1 Å². The molecule has 1 aromatic rings. The number of carbonyl (C=O) groups excluding carboxylic acids is 1. The molecule has 3 aliphatic rings. The molecule has 140 valence electrons. The average molecular weight is 356 g/mol. The van der Waals surface area contributed by atoms with Crippen LogP contribution in [0.4, 0.5) is 0 Å². The van der Waals surface area contributed by atoms with Crippen LogP contribution in [0.3, 0.4) is 0 Å². The van der Waals surface area contributed by atoms with Gasteiger partial charge in [-0.25, -0.2) is 0 Å². The van der Waals surface area contributed by atoms with Crippen LogP contribution in [0.2, 0.25) is 0 Å². The van der Waals surface area contributed by atoms with Gasteiger partial charge in [0.1, 0.15) is 0 Å². The number of hydrogen-bond donors (Lipinski definition) is 0. The van der Waals surface area contributed by atoms with E-state index in [1.165, 1.54) is 11.1 Å². The van der Waals surface area contributed by atoms with Crippen LogP contribution < -0.4 is 5.46 Å². The van der Waals surface area contributed by atoms with Gasteiger partial charge >= 0.3 is 7.12 Å². The van der Waals surface area contributed by atoms with Crippen molar-refractivity contribution in [3.63, 3.8) is 0 Å². The summed E-state index contributed by atoms with van der Waals surface area (Å²) in [5, 5.41) is 0. The molecule has 1 aromatic carbocycles. The molecule has 5 nitrogen and oxygen atoms in total. The van der Waals surface area contributed by atoms with Crippen molar-refractivity contribution in [1.82, 2.24) is 9.80 Å². The van der Waals surface area contributed by atoms with Gasteiger partial charge in [0.15, 0.2) is 0 Å². The molecule has 0 bridgehead atoms. The first-order valence-corrected chi connectivity index (χ1v) is 9.73. The van der Waals surface area contributed by atoms with Crippen LogP contribution in [0.15, 0.2) is 18.2 Å². The first-order valence-electron chi connectivity index (χ1n) is 9.73. The molecule has 0 atom stereocenters. The van der Waals surface area contributed by atoms with E-state index in [9.17, 15) is 4.79 Å². The first kappa shape index (κ1) is 18.0. The van der Waals surface area contributed by atoms with Crippen LogP contribution in [-0.2, 0) is 27.2 Å². The van der Waals surface area contributed by atoms with Crippen molar-refractivity contribution < 1.29 is 14.1 Å². The van der Waals surface area contributed by atoms with E-state index in [0.717, 1.165) is 51.0 Å². The molecule has 2 fully saturated rings. The number of likely N-dealkylation sites (tertiary alicyclic amines) is 1. The summed E-state index contributed by atoms with van der Waals surface area (Å²) < 4.78 is 12.4. The average Bonchev–Trinajstić information content (AvgIpc) is 3.21. The van der Waals surface area contributed by atoms with Gasteiger partial charge in [-0.05, 0) is 50.7 Å². The molecule has 0 saturated carbocycles. The summed E-state index contributed by atoms with van der Waals surface area (Å²) >= 11 is 0. The van der Waals surface area contributed by atoms with E-state index in [4.69, 9.17) is 9.31 Å². The number of carbonyl (C=O) groups is 1. The van der Waals surface area contributed by atoms with E-state index in [-0.39, 0.29) is 18.3 Å². The fourth-order valence-electron chi connectivity index (χ4n) is 3.97. The lowest BCUT2D eigenvalue weighted by molar-refractivity contribution is -0.127. The van der Waals surface area contributed by atoms with Crippen LogP contribution >= 0.6 is 0 Å². The molecular weight excluding hydrogens is 327 g/mol. The lowest BCUT2D eigenvalue weighted by Crippen LogP contribution is -2.41. The normalized spacial score (nSPS) is 24.5. The molecule has 26 heavy (non-hydrogen) atoms. The number of fused-ring (bicyclic) bond motifs is 1. The van der Waals surface area contributed by atoms with Gasteiger partial charge in [0.2, 0.25) is 5.91 Å². The van der Waals surface area contributed by atoms with E-state index in [1.807, 2.05) is 4.90 Å². The lowest BCUT2D eigenvalue weighted by atomic mass is 9.78. The molecule has 0 aromatic heterocycles. The number of amides is 1. The summed E-state index contributed by atoms with van der Waals surface area (Å²) in [6, 6.07) is 6.57. The summed E-state index contributed by atoms with van der Waals surface area (Å²) in [6.07, 6.45) is 1.73. The van der Waals surface area contributed by atoms with Gasteiger partial charge in [-0.1, -0.05) is 18.2 Å². The molecule has 0 spiro atoms. The van der Waals surface area contributed by atoms with E-state index in [2.05, 4.69) is 50.8 Å². The highest BCUT2D eigenvalue weighted by Crippen LogP contribution is 2.36. The van der Waals surface area contributed by atoms with Crippen LogP contribution in [-0.4, -0.2) is 53.7 Å². The first-order chi connectivity index (χ1) is 12.2. The minimum Gasteiger partial charge on any atom is -0.399 e. The quantitative estimate of drug-likeness (QED) is 0.774. The fraction of sp³-hybridized carbons (Fsp3) is 0.650. The summed E-state index contributed by atoms with van der Waals surface area (Å²) in [6.45, 7) is 12.9. The minimum atomic E-state index is -0.315. The topological polar surface area (TPSA) is 42.0 Å². The Hall–Kier alpha value is -1.37. The Morgan fingerprint density at radius 2 is 1.73 bits per heavy atom. The third kappa shape index (κ3) is 3.19. The van der Waals surface area contributed by atoms with Gasteiger partial charge in [0.05, 0.1) is 11.2 Å². The number of hydrogen-bond acceptors (Lipinski definition) is 4. The summed E-state index contributed by atoms with van der Waals surface area (Å²) in [5.74, 6) is 0.310. The Balaban J connectivity index is 1.40. The van der Waals surface area contributed by atoms with Crippen molar-refractivity contribution in [3.8, 4) is 0 Å². The zero-order chi connectivity index (χ0) is 18.5. The van der Waals surface area contributed by atoms with Crippen LogP contribution in [0, 0.1) is 0 Å². The molecule has 4 rings (SSSR count). The second-order valence-electron chi connectivity index (χ2n) is 8.81. The maximum atomic E-state index is 11.8. The fourth-order valence-corrected chi connectivity index (χ4v) is 3.97. The summed E-state index contributed by atoms with van der Waals surface area (Å²) in [7, 11) is -0.304. The highest BCUT2D eigenvalue weighted by Gasteiger charge is 2.51. The molecule has 0 aliphatic carbocycles. The van der Waals surface area contributed by atoms with Crippen LogP contribution in [0.1, 0.15) is 51.7 Å². The molecule has 6 heteroatoms. The Labute approximate surface area is 156 Å². The Bertz CT molecular complexity index is 703. The van der Waals surface area contributed by atoms with E-state index in [1.54, 1.807) is 0 Å². The zero-order valence-electron chi connectivity index (χ0n) is 16.4. The van der Waals surface area contributed by atoms with Gasteiger partial charge in [-0.3, -0.25) is 9.69 Å². The molecule has 0 N–H and O–H groups in total. The SMILES string of the molecule is CC1(C)OB(c2ccc3c(c2)CN(CCN2CCCC2=O)C3)OC1(C)C. The monoisotopic (exact) mass is 356 g/mol. The molecule has 3 aliphatic heterocycles. The highest BCUT2D eigenvalue weighted by atomic mass is 16.7. The number of nitrogens with zero attached hydrogens (tertiary/aromatic N) is 2. The molecule has 0 radical (unpaired) electrons. The Kier molecular flexibility index (Phi) is 4.41. The molecule has 0 unspecified atom stereocenters. The Morgan fingerprint density at radius 3 is 2.38 bits per heavy atom. The van der Waals surface area contributed by atoms with Crippen molar-refractivity contribution in [2.45, 2.75) is 64.8 Å². The second-order valence-corrected chi connectivity index (χ2v) is 8.81. The van der Waals surface area contributed by atoms with E-state index < -0.39 is 0 Å². The summed E-state index contributed by atoms with van der Waals surface area (Å²) in [5.41, 5.74) is 3.19. The summed E-state index contributed by atoms with van der Waals surface area (Å²) in [4.78, 5) is 16.2. The maximum absolute atomic E-state index is 11.8. The predicted molar refractivity (Wildman–Crippen MR) is 102 cm³/mol. The minimum absolute atomic E-state index is 0.304. The molecular formula is C20H29BN2O3. The molecule has 1 amide bonds. The van der Waals surface area contributed by atoms with Crippen LogP contribution in [0.5, 0.6) is 0 Å². The largest absolute Gasteiger partial charge is 0.494 e. The third-order valence-electron chi connectivity index (χ3n) is 6.40. The Morgan fingerprint density at radius 1 is 1.04 bits per heavy atom. The molecule has 3 heterocycles. The van der Waals surface area contributed by atoms with Crippen molar-refractivity contribution in [1.29, 1.82) is 0 Å². The van der Waals surface area contributed by atoms with Crippen molar-refractivity contribution in [2.24, 2.45) is 0 Å². The van der Waals surface area contributed by atoms with Gasteiger partial charge in [-0.15, -0.1) is 0 Å². The van der Waals surface area contributed by atoms with Crippen LogP contribution in [0.25, 0.3) is 0 Å². The number of rotatable bonds is 4. The van der Waals surface area contributed by atoms with Gasteiger partial charge in [-0.2, -0.15) is 0 Å². The molecule has 2 saturated heterocycles. The van der Waals surface area contributed by atoms with Crippen molar-refractivity contribution in [3.05, 3.63) is 29.3 Å². The lowest BCUT2D eigenvalue weighted by Gasteiger charge is -2.32. The van der Waals surface area contributed by atoms with Crippen molar-refractivity contribution in [2.75, 3.05) is 19.6 Å². The standard InChI is InChI=1S/C20H29BN2O3/c1-19(2)20(3,4)26-21(25-19)17-8-7-15-13-22(14-16(15)12-17)10-11-23-9-5-6-18(23)24/h7-8,12H,5-6,9-11,13-14H2,1-4H3. The maximum Gasteiger partial charge on any atom is 0.494 e. The highest BCUT2D eigenvalue weighted by molar-refractivity contribution is 6.62. The third-order valence-corrected chi connectivity index (χ3v) is 6.40. The second kappa shape index (κ2) is 6.36. The van der Waals surface area contributed by atoms with Gasteiger partial charge in [0.25, 0.3) is 0 Å². The number of benzene rings is 1. The van der Waals surface area contributed by atoms with Crippen molar-refractivity contribution >= 4 is 18.5 Å². The van der Waals surface area contributed by atoms with E-state index >= 15 is 0 Å². The zero-order valence-corrected chi connectivity index (χ0v) is 16.4.